The molecule has 1 saturated heterocycles. The molecule has 1 aliphatic heterocycles. The Bertz CT molecular complexity index is 226. The van der Waals surface area contributed by atoms with E-state index in [0.717, 1.165) is 0 Å². The third-order valence-corrected chi connectivity index (χ3v) is 2.28. The predicted molar refractivity (Wildman–Crippen MR) is 52.7 cm³/mol. The summed E-state index contributed by atoms with van der Waals surface area (Å²) in [5.41, 5.74) is 0. The number of ether oxygens (including phenoxy) is 1. The van der Waals surface area contributed by atoms with Gasteiger partial charge in [-0.15, -0.1) is 0 Å². The third-order valence-electron chi connectivity index (χ3n) is 2.28. The number of carbonyl (C=O) groups is 1. The van der Waals surface area contributed by atoms with Gasteiger partial charge in [0.25, 0.3) is 0 Å². The zero-order chi connectivity index (χ0) is 12.1. The third kappa shape index (κ3) is 4.31. The molecule has 0 aliphatic carbocycles. The molecule has 0 saturated carbocycles. The van der Waals surface area contributed by atoms with E-state index in [9.17, 15) is 4.79 Å². The molecule has 94 valence electrons. The summed E-state index contributed by atoms with van der Waals surface area (Å²) in [5, 5.41) is 16.6. The molecular weight excluding hydrogens is 216 g/mol. The summed E-state index contributed by atoms with van der Waals surface area (Å²) in [6, 6.07) is 0. The van der Waals surface area contributed by atoms with Crippen LogP contribution < -0.4 is 0 Å². The fourth-order valence-electron chi connectivity index (χ4n) is 1.55. The Labute approximate surface area is 94.0 Å². The van der Waals surface area contributed by atoms with Crippen LogP contribution in [-0.2, 0) is 9.57 Å². The van der Waals surface area contributed by atoms with E-state index in [1.165, 1.54) is 0 Å². The molecule has 7 nitrogen and oxygen atoms in total. The molecule has 1 heterocycles. The highest BCUT2D eigenvalue weighted by molar-refractivity contribution is 5.67. The molecule has 1 aliphatic rings. The molecule has 0 radical (unpaired) electrons. The number of likely N-dealkylation sites (tertiary alicyclic amines) is 1. The van der Waals surface area contributed by atoms with Gasteiger partial charge in [-0.05, 0) is 26.7 Å². The van der Waals surface area contributed by atoms with Crippen molar-refractivity contribution in [2.75, 3.05) is 13.1 Å². The van der Waals surface area contributed by atoms with Crippen LogP contribution in [0.5, 0.6) is 0 Å². The average Bonchev–Trinajstić information content (AvgIpc) is 2.16. The second-order valence-corrected chi connectivity index (χ2v) is 3.98. The van der Waals surface area contributed by atoms with Crippen LogP contribution in [0, 0.1) is 0 Å². The molecular formula is C9H18N2O5. The van der Waals surface area contributed by atoms with Crippen molar-refractivity contribution < 1.29 is 24.8 Å². The maximum atomic E-state index is 11.5. The molecule has 0 aromatic carbocycles. The molecule has 0 bridgehead atoms. The van der Waals surface area contributed by atoms with E-state index in [4.69, 9.17) is 15.2 Å². The number of piperidine rings is 1. The number of carbonyl (C=O) groups excluding carboxylic acids is 1. The summed E-state index contributed by atoms with van der Waals surface area (Å²) in [6.07, 6.45) is 0.346. The van der Waals surface area contributed by atoms with Crippen LogP contribution in [0.4, 0.5) is 4.79 Å². The SMILES string of the molecule is CC(C)OC(=O)N1CCC(ON(O)O)CC1. The van der Waals surface area contributed by atoms with Crippen molar-refractivity contribution in [1.29, 1.82) is 0 Å². The summed E-state index contributed by atoms with van der Waals surface area (Å²) in [4.78, 5) is 17.7. The molecule has 1 fully saturated rings. The Morgan fingerprint density at radius 2 is 1.94 bits per heavy atom. The summed E-state index contributed by atoms with van der Waals surface area (Å²) in [7, 11) is 0. The number of amides is 1. The molecule has 2 N–H and O–H groups in total. The number of nitrogens with zero attached hydrogens (tertiary/aromatic N) is 2. The monoisotopic (exact) mass is 234 g/mol. The van der Waals surface area contributed by atoms with Crippen molar-refractivity contribution in [1.82, 2.24) is 10.3 Å². The highest BCUT2D eigenvalue weighted by Gasteiger charge is 2.25. The van der Waals surface area contributed by atoms with Crippen LogP contribution in [0.3, 0.4) is 0 Å². The highest BCUT2D eigenvalue weighted by Crippen LogP contribution is 2.15. The molecule has 7 heteroatoms. The summed E-state index contributed by atoms with van der Waals surface area (Å²) < 4.78 is 5.04. The van der Waals surface area contributed by atoms with Gasteiger partial charge in [0.05, 0.1) is 17.6 Å². The van der Waals surface area contributed by atoms with Crippen molar-refractivity contribution in [3.8, 4) is 0 Å². The Kier molecular flexibility index (Phi) is 4.94. The number of hydrogen-bond acceptors (Lipinski definition) is 6. The first-order chi connectivity index (χ1) is 7.49. The van der Waals surface area contributed by atoms with Gasteiger partial charge in [0, 0.05) is 13.1 Å². The van der Waals surface area contributed by atoms with Crippen molar-refractivity contribution in [3.05, 3.63) is 0 Å². The van der Waals surface area contributed by atoms with Crippen LogP contribution in [0.1, 0.15) is 26.7 Å². The fraction of sp³-hybridized carbons (Fsp3) is 0.889. The van der Waals surface area contributed by atoms with Gasteiger partial charge in [-0.1, -0.05) is 0 Å². The predicted octanol–water partition coefficient (Wildman–Crippen LogP) is 1.01. The lowest BCUT2D eigenvalue weighted by atomic mass is 10.1. The minimum atomic E-state index is -0.335. The van der Waals surface area contributed by atoms with Crippen LogP contribution in [-0.4, -0.2) is 52.1 Å². The molecule has 0 atom stereocenters. The van der Waals surface area contributed by atoms with Gasteiger partial charge in [-0.2, -0.15) is 0 Å². The molecule has 1 amide bonds. The van der Waals surface area contributed by atoms with Crippen LogP contribution in [0.15, 0.2) is 0 Å². The van der Waals surface area contributed by atoms with Crippen molar-refractivity contribution in [2.45, 2.75) is 38.9 Å². The highest BCUT2D eigenvalue weighted by atomic mass is 17.1. The largest absolute Gasteiger partial charge is 0.447 e. The molecule has 1 rings (SSSR count). The second-order valence-electron chi connectivity index (χ2n) is 3.98. The van der Waals surface area contributed by atoms with E-state index in [0.29, 0.717) is 25.9 Å². The topological polar surface area (TPSA) is 82.5 Å². The van der Waals surface area contributed by atoms with E-state index in [1.54, 1.807) is 18.7 Å². The Hall–Kier alpha value is -0.890. The summed E-state index contributed by atoms with van der Waals surface area (Å²) in [6.45, 7) is 4.57. The lowest BCUT2D eigenvalue weighted by Crippen LogP contribution is -2.43. The first kappa shape index (κ1) is 13.2. The van der Waals surface area contributed by atoms with Crippen molar-refractivity contribution >= 4 is 6.09 Å². The quantitative estimate of drug-likeness (QED) is 0.709. The summed E-state index contributed by atoms with van der Waals surface area (Å²) >= 11 is 0. The number of hydrogen-bond donors (Lipinski definition) is 2. The fourth-order valence-corrected chi connectivity index (χ4v) is 1.55. The Morgan fingerprint density at radius 1 is 1.38 bits per heavy atom. The molecule has 0 unspecified atom stereocenters. The van der Waals surface area contributed by atoms with Crippen LogP contribution >= 0.6 is 0 Å². The van der Waals surface area contributed by atoms with Crippen molar-refractivity contribution in [2.24, 2.45) is 0 Å². The minimum absolute atomic E-state index is 0.133. The zero-order valence-electron chi connectivity index (χ0n) is 9.50. The van der Waals surface area contributed by atoms with Gasteiger partial charge in [0.1, 0.15) is 0 Å². The van der Waals surface area contributed by atoms with Crippen molar-refractivity contribution in [3.63, 3.8) is 0 Å². The summed E-state index contributed by atoms with van der Waals surface area (Å²) in [5.74, 6) is 0. The maximum Gasteiger partial charge on any atom is 0.410 e. The lowest BCUT2D eigenvalue weighted by molar-refractivity contribution is -0.506. The first-order valence-electron chi connectivity index (χ1n) is 5.29. The van der Waals surface area contributed by atoms with Crippen LogP contribution in [0.2, 0.25) is 0 Å². The molecule has 0 aromatic rings. The normalized spacial score (nSPS) is 18.2. The van der Waals surface area contributed by atoms with E-state index in [-0.39, 0.29) is 23.7 Å². The average molecular weight is 234 g/mol. The van der Waals surface area contributed by atoms with E-state index in [2.05, 4.69) is 4.84 Å². The maximum absolute atomic E-state index is 11.5. The van der Waals surface area contributed by atoms with Gasteiger partial charge >= 0.3 is 6.09 Å². The minimum Gasteiger partial charge on any atom is -0.447 e. The lowest BCUT2D eigenvalue weighted by Gasteiger charge is -2.31. The van der Waals surface area contributed by atoms with Crippen LogP contribution in [0.25, 0.3) is 0 Å². The van der Waals surface area contributed by atoms with Gasteiger partial charge in [0.2, 0.25) is 0 Å². The smallest absolute Gasteiger partial charge is 0.410 e. The zero-order valence-corrected chi connectivity index (χ0v) is 9.50. The van der Waals surface area contributed by atoms with E-state index < -0.39 is 0 Å². The molecule has 0 aromatic heterocycles. The Morgan fingerprint density at radius 3 is 2.38 bits per heavy atom. The standard InChI is InChI=1S/C9H18N2O5/c1-7(2)15-9(12)10-5-3-8(4-6-10)16-11(13)14/h7-8,13-14H,3-6H2,1-2H3. The van der Waals surface area contributed by atoms with E-state index in [1.807, 2.05) is 0 Å². The van der Waals surface area contributed by atoms with E-state index >= 15 is 0 Å². The Balaban J connectivity index is 2.28. The van der Waals surface area contributed by atoms with Gasteiger partial charge in [-0.3, -0.25) is 10.4 Å². The van der Waals surface area contributed by atoms with Gasteiger partial charge < -0.3 is 9.64 Å². The molecule has 16 heavy (non-hydrogen) atoms. The number of rotatable bonds is 3. The van der Waals surface area contributed by atoms with Gasteiger partial charge in [0.15, 0.2) is 0 Å². The van der Waals surface area contributed by atoms with Gasteiger partial charge in [-0.25, -0.2) is 9.63 Å². The second kappa shape index (κ2) is 6.00. The first-order valence-corrected chi connectivity index (χ1v) is 5.29. The molecule has 0 spiro atoms.